The van der Waals surface area contributed by atoms with Gasteiger partial charge in [0.2, 0.25) is 0 Å². The first-order valence-electron chi connectivity index (χ1n) is 6.82. The van der Waals surface area contributed by atoms with Gasteiger partial charge in [-0.15, -0.1) is 11.3 Å². The Morgan fingerprint density at radius 3 is 2.71 bits per heavy atom. The topological polar surface area (TPSA) is 71.0 Å². The van der Waals surface area contributed by atoms with Crippen LogP contribution in [0, 0.1) is 6.92 Å². The number of nitrogens with zero attached hydrogens (tertiary/aromatic N) is 4. The summed E-state index contributed by atoms with van der Waals surface area (Å²) in [4.78, 5) is 27.6. The van der Waals surface area contributed by atoms with Crippen molar-refractivity contribution in [3.63, 3.8) is 0 Å². The van der Waals surface area contributed by atoms with E-state index in [-0.39, 0.29) is 5.91 Å². The molecule has 0 aliphatic carbocycles. The maximum Gasteiger partial charge on any atom is 0.274 e. The number of rotatable bonds is 6. The van der Waals surface area contributed by atoms with Gasteiger partial charge in [0, 0.05) is 18.5 Å². The van der Waals surface area contributed by atoms with Crippen LogP contribution in [0.3, 0.4) is 0 Å². The minimum Gasteiger partial charge on any atom is -0.369 e. The molecule has 2 aromatic heterocycles. The molecule has 1 amide bonds. The third kappa shape index (κ3) is 3.98. The van der Waals surface area contributed by atoms with E-state index in [1.54, 1.807) is 35.0 Å². The second kappa shape index (κ2) is 7.12. The van der Waals surface area contributed by atoms with Crippen LogP contribution in [-0.2, 0) is 6.54 Å². The van der Waals surface area contributed by atoms with Gasteiger partial charge < -0.3 is 10.2 Å². The number of thiazole rings is 1. The van der Waals surface area contributed by atoms with E-state index in [2.05, 4.69) is 27.2 Å². The second-order valence-electron chi connectivity index (χ2n) is 4.74. The lowest BCUT2D eigenvalue weighted by molar-refractivity contribution is 0.0780. The van der Waals surface area contributed by atoms with Crippen LogP contribution in [0.5, 0.6) is 0 Å². The third-order valence-corrected chi connectivity index (χ3v) is 3.92. The van der Waals surface area contributed by atoms with Crippen molar-refractivity contribution in [1.82, 2.24) is 19.9 Å². The number of hydrogen-bond donors (Lipinski definition) is 1. The molecule has 0 saturated carbocycles. The van der Waals surface area contributed by atoms with E-state index in [0.29, 0.717) is 18.1 Å². The Bertz CT molecular complexity index is 596. The summed E-state index contributed by atoms with van der Waals surface area (Å²) in [5.41, 5.74) is 3.10. The summed E-state index contributed by atoms with van der Waals surface area (Å²) >= 11 is 1.55. The maximum absolute atomic E-state index is 12.3. The molecule has 7 heteroatoms. The monoisotopic (exact) mass is 305 g/mol. The minimum atomic E-state index is -0.141. The number of carbonyl (C=O) groups is 1. The van der Waals surface area contributed by atoms with Gasteiger partial charge in [0.05, 0.1) is 30.1 Å². The van der Waals surface area contributed by atoms with Crippen molar-refractivity contribution in [2.75, 3.05) is 18.9 Å². The van der Waals surface area contributed by atoms with Crippen LogP contribution in [0.25, 0.3) is 0 Å². The van der Waals surface area contributed by atoms with E-state index in [1.165, 1.54) is 6.20 Å². The van der Waals surface area contributed by atoms with Gasteiger partial charge in [-0.25, -0.2) is 15.0 Å². The number of anilines is 1. The summed E-state index contributed by atoms with van der Waals surface area (Å²) in [5.74, 6) is 0.548. The SMILES string of the molecule is CCCNc1cnc(C(=O)N(C)Cc2scnc2C)cn1. The van der Waals surface area contributed by atoms with E-state index >= 15 is 0 Å². The molecule has 112 valence electrons. The molecule has 0 aliphatic rings. The zero-order valence-corrected chi connectivity index (χ0v) is 13.3. The normalized spacial score (nSPS) is 10.4. The lowest BCUT2D eigenvalue weighted by Crippen LogP contribution is -2.27. The zero-order chi connectivity index (χ0) is 15.2. The van der Waals surface area contributed by atoms with Gasteiger partial charge in [-0.2, -0.15) is 0 Å². The van der Waals surface area contributed by atoms with Crippen LogP contribution in [0.1, 0.15) is 34.4 Å². The molecule has 1 N–H and O–H groups in total. The van der Waals surface area contributed by atoms with Crippen molar-refractivity contribution < 1.29 is 4.79 Å². The zero-order valence-electron chi connectivity index (χ0n) is 12.5. The van der Waals surface area contributed by atoms with Crippen molar-refractivity contribution >= 4 is 23.1 Å². The molecule has 0 spiro atoms. The van der Waals surface area contributed by atoms with Crippen LogP contribution in [0.15, 0.2) is 17.9 Å². The van der Waals surface area contributed by atoms with Gasteiger partial charge in [0.1, 0.15) is 11.5 Å². The van der Waals surface area contributed by atoms with Gasteiger partial charge in [-0.3, -0.25) is 4.79 Å². The molecular formula is C14H19N5OS. The van der Waals surface area contributed by atoms with Gasteiger partial charge in [0.25, 0.3) is 5.91 Å². The highest BCUT2D eigenvalue weighted by molar-refractivity contribution is 7.09. The second-order valence-corrected chi connectivity index (χ2v) is 5.68. The van der Waals surface area contributed by atoms with Crippen LogP contribution >= 0.6 is 11.3 Å². The Labute approximate surface area is 128 Å². The molecule has 0 atom stereocenters. The van der Waals surface area contributed by atoms with E-state index < -0.39 is 0 Å². The summed E-state index contributed by atoms with van der Waals surface area (Å²) in [6.45, 7) is 5.40. The first kappa shape index (κ1) is 15.4. The van der Waals surface area contributed by atoms with Gasteiger partial charge in [-0.1, -0.05) is 6.92 Å². The number of nitrogens with one attached hydrogen (secondary N) is 1. The summed E-state index contributed by atoms with van der Waals surface area (Å²) in [7, 11) is 1.76. The predicted octanol–water partition coefficient (Wildman–Crippen LogP) is 2.34. The Kier molecular flexibility index (Phi) is 5.21. The molecule has 0 aliphatic heterocycles. The first-order chi connectivity index (χ1) is 10.1. The molecule has 0 aromatic carbocycles. The fourth-order valence-electron chi connectivity index (χ4n) is 1.74. The molecule has 21 heavy (non-hydrogen) atoms. The van der Waals surface area contributed by atoms with E-state index in [4.69, 9.17) is 0 Å². The van der Waals surface area contributed by atoms with Crippen LogP contribution in [0.4, 0.5) is 5.82 Å². The van der Waals surface area contributed by atoms with Gasteiger partial charge in [0.15, 0.2) is 0 Å². The minimum absolute atomic E-state index is 0.141. The highest BCUT2D eigenvalue weighted by atomic mass is 32.1. The van der Waals surface area contributed by atoms with Crippen LogP contribution in [0.2, 0.25) is 0 Å². The molecule has 0 bridgehead atoms. The quantitative estimate of drug-likeness (QED) is 0.887. The molecule has 0 fully saturated rings. The van der Waals surface area contributed by atoms with Crippen molar-refractivity contribution in [3.8, 4) is 0 Å². The number of carbonyl (C=O) groups excluding carboxylic acids is 1. The van der Waals surface area contributed by atoms with Crippen molar-refractivity contribution in [1.29, 1.82) is 0 Å². The highest BCUT2D eigenvalue weighted by Crippen LogP contribution is 2.15. The van der Waals surface area contributed by atoms with E-state index in [9.17, 15) is 4.79 Å². The average molecular weight is 305 g/mol. The van der Waals surface area contributed by atoms with Crippen molar-refractivity contribution in [3.05, 3.63) is 34.2 Å². The average Bonchev–Trinajstić information content (AvgIpc) is 2.90. The number of amides is 1. The number of aryl methyl sites for hydroxylation is 1. The standard InChI is InChI=1S/C14H19N5OS/c1-4-5-15-13-7-16-11(6-17-13)14(20)19(3)8-12-10(2)18-9-21-12/h6-7,9H,4-5,8H2,1-3H3,(H,15,17). The van der Waals surface area contributed by atoms with Gasteiger partial charge >= 0.3 is 0 Å². The van der Waals surface area contributed by atoms with Crippen LogP contribution in [-0.4, -0.2) is 39.4 Å². The molecule has 2 rings (SSSR count). The lowest BCUT2D eigenvalue weighted by atomic mass is 10.3. The predicted molar refractivity (Wildman–Crippen MR) is 83.5 cm³/mol. The Hall–Kier alpha value is -2.02. The molecule has 2 aromatic rings. The largest absolute Gasteiger partial charge is 0.369 e. The lowest BCUT2D eigenvalue weighted by Gasteiger charge is -2.16. The van der Waals surface area contributed by atoms with Crippen molar-refractivity contribution in [2.45, 2.75) is 26.8 Å². The molecule has 0 radical (unpaired) electrons. The highest BCUT2D eigenvalue weighted by Gasteiger charge is 2.15. The van der Waals surface area contributed by atoms with E-state index in [0.717, 1.165) is 23.5 Å². The first-order valence-corrected chi connectivity index (χ1v) is 7.70. The third-order valence-electron chi connectivity index (χ3n) is 3.00. The molecule has 6 nitrogen and oxygen atoms in total. The van der Waals surface area contributed by atoms with Crippen LogP contribution < -0.4 is 5.32 Å². The molecular weight excluding hydrogens is 286 g/mol. The number of hydrogen-bond acceptors (Lipinski definition) is 6. The maximum atomic E-state index is 12.3. The van der Waals surface area contributed by atoms with Crippen molar-refractivity contribution in [2.24, 2.45) is 0 Å². The van der Waals surface area contributed by atoms with Gasteiger partial charge in [-0.05, 0) is 13.3 Å². The smallest absolute Gasteiger partial charge is 0.274 e. The fourth-order valence-corrected chi connectivity index (χ4v) is 2.57. The van der Waals surface area contributed by atoms with E-state index in [1.807, 2.05) is 6.92 Å². The Morgan fingerprint density at radius 1 is 1.33 bits per heavy atom. The summed E-state index contributed by atoms with van der Waals surface area (Å²) in [6.07, 6.45) is 4.12. The molecule has 0 saturated heterocycles. The number of aromatic nitrogens is 3. The summed E-state index contributed by atoms with van der Waals surface area (Å²) < 4.78 is 0. The Morgan fingerprint density at radius 2 is 2.14 bits per heavy atom. The Balaban J connectivity index is 2.00. The summed E-state index contributed by atoms with van der Waals surface area (Å²) in [5, 5.41) is 3.13. The fraction of sp³-hybridized carbons (Fsp3) is 0.429. The molecule has 0 unspecified atom stereocenters. The molecule has 2 heterocycles. The summed E-state index contributed by atoms with van der Waals surface area (Å²) in [6, 6.07) is 0.